The fraction of sp³-hybridized carbons (Fsp3) is 1.00. The van der Waals surface area contributed by atoms with Gasteiger partial charge in [-0.1, -0.05) is 0 Å². The van der Waals surface area contributed by atoms with Crippen molar-refractivity contribution in [3.8, 4) is 0 Å². The molecule has 0 aromatic heterocycles. The number of hydrogen-bond acceptors (Lipinski definition) is 1. The van der Waals surface area contributed by atoms with Crippen molar-refractivity contribution >= 4 is 68.2 Å². The Morgan fingerprint density at radius 1 is 1.33 bits per heavy atom. The van der Waals surface area contributed by atoms with Gasteiger partial charge in [-0.2, -0.15) is 0 Å². The van der Waals surface area contributed by atoms with Crippen molar-refractivity contribution in [3.05, 3.63) is 0 Å². The predicted molar refractivity (Wildman–Crippen MR) is 52.8 cm³/mol. The first kappa shape index (κ1) is 15.9. The molecule has 5 heteroatoms. The van der Waals surface area contributed by atoms with Crippen LogP contribution in [-0.2, 0) is 0 Å². The number of halogens is 3. The Morgan fingerprint density at radius 3 is 1.33 bits per heavy atom. The van der Waals surface area contributed by atoms with Crippen LogP contribution in [0.15, 0.2) is 0 Å². The van der Waals surface area contributed by atoms with Gasteiger partial charge in [0, 0.05) is 17.0 Å². The standard InChI is InChI=1S/CH5N.Br.2HI.Pb/c1-2;;;;/h2H2,1H3;;2*1H;/q;;;;+2/p-2. The molecule has 1 nitrogen and oxygen atoms in total. The quantitative estimate of drug-likeness (QED) is 0.349. The summed E-state index contributed by atoms with van der Waals surface area (Å²) in [6, 6.07) is 0. The molecule has 0 unspecified atom stereocenters. The van der Waals surface area contributed by atoms with E-state index in [4.69, 9.17) is 0 Å². The van der Waals surface area contributed by atoms with Crippen molar-refractivity contribution in [2.24, 2.45) is 5.73 Å². The minimum absolute atomic E-state index is 0. The van der Waals surface area contributed by atoms with Gasteiger partial charge in [0.15, 0.2) is 0 Å². The maximum atomic E-state index is 4.50. The van der Waals surface area contributed by atoms with E-state index in [2.05, 4.69) is 41.3 Å². The van der Waals surface area contributed by atoms with Gasteiger partial charge in [-0.3, -0.25) is 0 Å². The number of hydrogen-bond donors (Lipinski definition) is 1. The van der Waals surface area contributed by atoms with Gasteiger partial charge in [0.2, 0.25) is 0 Å². The van der Waals surface area contributed by atoms with Gasteiger partial charge in [0.1, 0.15) is 0 Å². The third-order valence-electron chi connectivity index (χ3n) is 0. The van der Waals surface area contributed by atoms with Crippen molar-refractivity contribution in [2.45, 2.75) is 0 Å². The summed E-state index contributed by atoms with van der Waals surface area (Å²) in [5.74, 6) is 0. The average Bonchev–Trinajstić information content (AvgIpc) is 1.46. The van der Waals surface area contributed by atoms with E-state index in [1.54, 1.807) is 0 Å². The van der Waals surface area contributed by atoms with Crippen molar-refractivity contribution in [1.82, 2.24) is 0 Å². The molecule has 0 saturated carbocycles. The summed E-state index contributed by atoms with van der Waals surface area (Å²) < 4.78 is 0. The Balaban J connectivity index is -0.0000000275. The molecule has 0 bridgehead atoms. The Kier molecular flexibility index (Phi) is 66.1. The van der Waals surface area contributed by atoms with E-state index in [1.807, 2.05) is 0 Å². The third-order valence-corrected chi connectivity index (χ3v) is 0. The van der Waals surface area contributed by atoms with Crippen molar-refractivity contribution in [1.29, 1.82) is 0 Å². The second-order valence-electron chi connectivity index (χ2n) is 0.0714. The molecule has 2 N–H and O–H groups in total. The fourth-order valence-corrected chi connectivity index (χ4v) is 0. The first-order chi connectivity index (χ1) is 2.41. The van der Waals surface area contributed by atoms with E-state index in [0.29, 0.717) is 0 Å². The molecule has 0 atom stereocenters. The zero-order valence-corrected chi connectivity index (χ0v) is 13.0. The van der Waals surface area contributed by atoms with Gasteiger partial charge in [0.05, 0.1) is 0 Å². The van der Waals surface area contributed by atoms with Gasteiger partial charge in [-0.15, -0.1) is 0 Å². The normalized spacial score (nSPS) is 4.00. The van der Waals surface area contributed by atoms with Gasteiger partial charge >= 0.3 is 51.2 Å². The summed E-state index contributed by atoms with van der Waals surface area (Å²) in [5.41, 5.74) is 4.50. The maximum absolute atomic E-state index is 4.50. The van der Waals surface area contributed by atoms with E-state index in [1.165, 1.54) is 7.05 Å². The molecule has 0 amide bonds. The molecule has 39 valence electrons. The third kappa shape index (κ3) is 29.0. The summed E-state index contributed by atoms with van der Waals surface area (Å²) in [5, 5.41) is 0. The molecule has 0 spiro atoms. The first-order valence-corrected chi connectivity index (χ1v) is 22.8. The van der Waals surface area contributed by atoms with Gasteiger partial charge < -0.3 is 5.73 Å². The SMILES string of the molecule is CN.[Br].[I][Pb][I]. The van der Waals surface area contributed by atoms with Crippen LogP contribution in [0.4, 0.5) is 0 Å². The summed E-state index contributed by atoms with van der Waals surface area (Å²) >= 11 is 4.96. The molecule has 0 aliphatic carbocycles. The average molecular weight is 572 g/mol. The van der Waals surface area contributed by atoms with E-state index >= 15 is 0 Å². The van der Waals surface area contributed by atoms with Crippen LogP contribution in [0.25, 0.3) is 0 Å². The Morgan fingerprint density at radius 2 is 1.33 bits per heavy atom. The summed E-state index contributed by atoms with van der Waals surface area (Å²) in [4.78, 5) is 0. The Bertz CT molecular complexity index is 13.5. The van der Waals surface area contributed by atoms with Crippen LogP contribution >= 0.6 is 52.5 Å². The molecule has 0 saturated heterocycles. The Labute approximate surface area is 79.1 Å². The molecular formula is CH5BrI2NPb. The monoisotopic (exact) mass is 572 g/mol. The van der Waals surface area contributed by atoms with E-state index in [-0.39, 0.29) is 32.6 Å². The Hall–Kier alpha value is 2.82. The fourth-order valence-electron chi connectivity index (χ4n) is 0. The van der Waals surface area contributed by atoms with E-state index in [9.17, 15) is 0 Å². The van der Waals surface area contributed by atoms with Crippen LogP contribution in [0.1, 0.15) is 0 Å². The first-order valence-electron chi connectivity index (χ1n) is 0.955. The van der Waals surface area contributed by atoms with Gasteiger partial charge in [0.25, 0.3) is 0 Å². The van der Waals surface area contributed by atoms with Crippen molar-refractivity contribution in [2.75, 3.05) is 7.05 Å². The van der Waals surface area contributed by atoms with Crippen LogP contribution in [0, 0.1) is 0 Å². The number of rotatable bonds is 0. The summed E-state index contributed by atoms with van der Waals surface area (Å²) in [7, 11) is 1.50. The van der Waals surface area contributed by atoms with Crippen LogP contribution < -0.4 is 5.73 Å². The molecule has 0 fully saturated rings. The molecule has 0 aromatic rings. The van der Waals surface area contributed by atoms with Crippen LogP contribution in [0.3, 0.4) is 0 Å². The zero-order chi connectivity index (χ0) is 4.71. The minimum atomic E-state index is 0. The molecule has 0 aliphatic heterocycles. The second kappa shape index (κ2) is 24.9. The van der Waals surface area contributed by atoms with Gasteiger partial charge in [-0.25, -0.2) is 0 Å². The molecule has 0 aromatic carbocycles. The van der Waals surface area contributed by atoms with E-state index in [0.717, 1.165) is 0 Å². The summed E-state index contributed by atoms with van der Waals surface area (Å²) in [6.45, 7) is 0. The zero-order valence-electron chi connectivity index (χ0n) is 3.21. The van der Waals surface area contributed by atoms with Crippen molar-refractivity contribution in [3.63, 3.8) is 0 Å². The number of nitrogens with two attached hydrogens (primary N) is 1. The van der Waals surface area contributed by atoms with Crippen LogP contribution in [-0.4, -0.2) is 22.7 Å². The molecule has 0 rings (SSSR count). The van der Waals surface area contributed by atoms with Crippen molar-refractivity contribution < 1.29 is 0 Å². The molecule has 0 aliphatic rings. The van der Waals surface area contributed by atoms with Crippen LogP contribution in [0.2, 0.25) is 0 Å². The molecule has 6 heavy (non-hydrogen) atoms. The van der Waals surface area contributed by atoms with Crippen LogP contribution in [0.5, 0.6) is 0 Å². The second-order valence-corrected chi connectivity index (χ2v) is 28.2. The molecule has 0 heterocycles. The predicted octanol–water partition coefficient (Wildman–Crippen LogP) is 1.81. The van der Waals surface area contributed by atoms with Gasteiger partial charge in [-0.05, 0) is 7.05 Å². The molecule has 3 radical (unpaired) electrons. The van der Waals surface area contributed by atoms with E-state index < -0.39 is 0 Å². The topological polar surface area (TPSA) is 26.0 Å². The molecular weight excluding hydrogens is 567 g/mol. The summed E-state index contributed by atoms with van der Waals surface area (Å²) in [6.07, 6.45) is 0.